The molecule has 2 aromatic heterocycles. The maximum atomic E-state index is 11.1. The number of thiophene rings is 1. The van der Waals surface area contributed by atoms with E-state index < -0.39 is 10.0 Å². The van der Waals surface area contributed by atoms with Crippen LogP contribution in [0.1, 0.15) is 10.4 Å². The van der Waals surface area contributed by atoms with Crippen molar-refractivity contribution < 1.29 is 8.42 Å². The van der Waals surface area contributed by atoms with Crippen LogP contribution in [0.3, 0.4) is 0 Å². The summed E-state index contributed by atoms with van der Waals surface area (Å²) in [4.78, 5) is 6.86. The summed E-state index contributed by atoms with van der Waals surface area (Å²) in [5.74, 6) is 0. The summed E-state index contributed by atoms with van der Waals surface area (Å²) in [6.07, 6.45) is 1.85. The summed E-state index contributed by atoms with van der Waals surface area (Å²) in [7, 11) is -3.13. The van der Waals surface area contributed by atoms with E-state index in [0.717, 1.165) is 26.3 Å². The van der Waals surface area contributed by atoms with E-state index in [-0.39, 0.29) is 0 Å². The summed E-state index contributed by atoms with van der Waals surface area (Å²) in [6, 6.07) is 12.2. The Morgan fingerprint density at radius 2 is 2.04 bits per heavy atom. The fourth-order valence-electron chi connectivity index (χ4n) is 2.30. The lowest BCUT2D eigenvalue weighted by atomic mass is 10.2. The van der Waals surface area contributed by atoms with Gasteiger partial charge in [-0.15, -0.1) is 22.7 Å². The second kappa shape index (κ2) is 7.65. The minimum atomic E-state index is -3.13. The van der Waals surface area contributed by atoms with Crippen LogP contribution in [0.5, 0.6) is 0 Å². The van der Waals surface area contributed by atoms with Crippen LogP contribution in [0, 0.1) is 6.92 Å². The summed E-state index contributed by atoms with van der Waals surface area (Å²) >= 11 is 3.21. The SMILES string of the molecule is Cc1cccc(Nc2nc(-c3ccc(CCNS(C)(=O)=O)s3)cs2)c1. The molecule has 2 heterocycles. The zero-order valence-corrected chi connectivity index (χ0v) is 16.4. The minimum absolute atomic E-state index is 0.413. The highest BCUT2D eigenvalue weighted by Crippen LogP contribution is 2.32. The Kier molecular flexibility index (Phi) is 5.53. The fraction of sp³-hybridized carbons (Fsp3) is 0.235. The molecule has 3 rings (SSSR count). The van der Waals surface area contributed by atoms with Gasteiger partial charge in [0.25, 0.3) is 0 Å². The molecule has 0 aliphatic heterocycles. The normalized spacial score (nSPS) is 11.6. The van der Waals surface area contributed by atoms with Gasteiger partial charge in [-0.2, -0.15) is 0 Å². The van der Waals surface area contributed by atoms with Gasteiger partial charge in [-0.05, 0) is 43.2 Å². The molecule has 0 aliphatic rings. The summed E-state index contributed by atoms with van der Waals surface area (Å²) in [5.41, 5.74) is 3.17. The molecule has 0 saturated heterocycles. The van der Waals surface area contributed by atoms with Gasteiger partial charge in [0, 0.05) is 22.5 Å². The Hall–Kier alpha value is -1.74. The molecule has 0 atom stereocenters. The van der Waals surface area contributed by atoms with Gasteiger partial charge in [-0.3, -0.25) is 0 Å². The summed E-state index contributed by atoms with van der Waals surface area (Å²) in [6.45, 7) is 2.47. The fourth-order valence-corrected chi connectivity index (χ4v) is 4.55. The Balaban J connectivity index is 1.64. The zero-order chi connectivity index (χ0) is 17.9. The first-order valence-corrected chi connectivity index (χ1v) is 11.3. The number of thiazole rings is 1. The monoisotopic (exact) mass is 393 g/mol. The van der Waals surface area contributed by atoms with E-state index in [1.54, 1.807) is 22.7 Å². The number of nitrogens with one attached hydrogen (secondary N) is 2. The van der Waals surface area contributed by atoms with Crippen molar-refractivity contribution in [3.05, 3.63) is 52.2 Å². The lowest BCUT2D eigenvalue weighted by molar-refractivity contribution is 0.588. The van der Waals surface area contributed by atoms with Crippen molar-refractivity contribution >= 4 is 43.5 Å². The highest BCUT2D eigenvalue weighted by Gasteiger charge is 2.09. The van der Waals surface area contributed by atoms with Crippen molar-refractivity contribution in [2.24, 2.45) is 0 Å². The molecular weight excluding hydrogens is 374 g/mol. The quantitative estimate of drug-likeness (QED) is 0.636. The molecule has 0 aliphatic carbocycles. The third kappa shape index (κ3) is 5.37. The molecule has 0 bridgehead atoms. The van der Waals surface area contributed by atoms with E-state index in [1.165, 1.54) is 11.8 Å². The van der Waals surface area contributed by atoms with Crippen LogP contribution < -0.4 is 10.0 Å². The lowest BCUT2D eigenvalue weighted by Crippen LogP contribution is -2.23. The maximum Gasteiger partial charge on any atom is 0.208 e. The van der Waals surface area contributed by atoms with E-state index in [2.05, 4.69) is 34.1 Å². The van der Waals surface area contributed by atoms with Crippen LogP contribution in [0.15, 0.2) is 41.8 Å². The maximum absolute atomic E-state index is 11.1. The summed E-state index contributed by atoms with van der Waals surface area (Å²) < 4.78 is 24.7. The third-order valence-electron chi connectivity index (χ3n) is 3.42. The van der Waals surface area contributed by atoms with Crippen LogP contribution in [0.2, 0.25) is 0 Å². The Labute approximate surface area is 155 Å². The molecule has 132 valence electrons. The summed E-state index contributed by atoms with van der Waals surface area (Å²) in [5, 5.41) is 6.21. The molecule has 0 saturated carbocycles. The molecule has 0 unspecified atom stereocenters. The number of nitrogens with zero attached hydrogens (tertiary/aromatic N) is 1. The number of benzene rings is 1. The topological polar surface area (TPSA) is 71.1 Å². The molecule has 0 radical (unpaired) electrons. The van der Waals surface area contributed by atoms with Gasteiger partial charge in [0.1, 0.15) is 0 Å². The van der Waals surface area contributed by atoms with Crippen LogP contribution in [-0.4, -0.2) is 26.2 Å². The highest BCUT2D eigenvalue weighted by molar-refractivity contribution is 7.88. The van der Waals surface area contributed by atoms with Crippen molar-refractivity contribution in [2.75, 3.05) is 18.1 Å². The van der Waals surface area contributed by atoms with Crippen LogP contribution >= 0.6 is 22.7 Å². The predicted molar refractivity (Wildman–Crippen MR) is 106 cm³/mol. The number of rotatable bonds is 7. The predicted octanol–water partition coefficient (Wildman–Crippen LogP) is 4.02. The number of anilines is 2. The smallest absolute Gasteiger partial charge is 0.208 e. The molecule has 3 aromatic rings. The van der Waals surface area contributed by atoms with E-state index in [4.69, 9.17) is 0 Å². The van der Waals surface area contributed by atoms with Crippen molar-refractivity contribution in [1.29, 1.82) is 0 Å². The Morgan fingerprint density at radius 3 is 2.80 bits per heavy atom. The number of hydrogen-bond acceptors (Lipinski definition) is 6. The molecule has 0 spiro atoms. The Morgan fingerprint density at radius 1 is 1.20 bits per heavy atom. The van der Waals surface area contributed by atoms with E-state index >= 15 is 0 Å². The van der Waals surface area contributed by atoms with Crippen LogP contribution in [-0.2, 0) is 16.4 Å². The second-order valence-corrected chi connectivity index (χ2v) is 9.57. The van der Waals surface area contributed by atoms with Gasteiger partial charge >= 0.3 is 0 Å². The van der Waals surface area contributed by atoms with Crippen molar-refractivity contribution in [1.82, 2.24) is 9.71 Å². The van der Waals surface area contributed by atoms with Gasteiger partial charge in [-0.25, -0.2) is 18.1 Å². The van der Waals surface area contributed by atoms with Gasteiger partial charge in [0.05, 0.1) is 16.8 Å². The number of aryl methyl sites for hydroxylation is 1. The third-order valence-corrected chi connectivity index (χ3v) is 6.08. The van der Waals surface area contributed by atoms with E-state index in [9.17, 15) is 8.42 Å². The number of aromatic nitrogens is 1. The highest BCUT2D eigenvalue weighted by atomic mass is 32.2. The van der Waals surface area contributed by atoms with Gasteiger partial charge in [0.2, 0.25) is 10.0 Å². The van der Waals surface area contributed by atoms with Gasteiger partial charge in [0.15, 0.2) is 5.13 Å². The molecule has 8 heteroatoms. The molecule has 2 N–H and O–H groups in total. The number of hydrogen-bond donors (Lipinski definition) is 2. The van der Waals surface area contributed by atoms with E-state index in [1.807, 2.05) is 29.6 Å². The first-order valence-electron chi connectivity index (χ1n) is 7.72. The van der Waals surface area contributed by atoms with Crippen molar-refractivity contribution in [3.63, 3.8) is 0 Å². The van der Waals surface area contributed by atoms with Gasteiger partial charge in [-0.1, -0.05) is 12.1 Å². The molecule has 25 heavy (non-hydrogen) atoms. The minimum Gasteiger partial charge on any atom is -0.332 e. The average Bonchev–Trinajstić information content (AvgIpc) is 3.15. The molecule has 5 nitrogen and oxygen atoms in total. The first-order chi connectivity index (χ1) is 11.9. The lowest BCUT2D eigenvalue weighted by Gasteiger charge is -2.02. The van der Waals surface area contributed by atoms with Gasteiger partial charge < -0.3 is 5.32 Å². The van der Waals surface area contributed by atoms with E-state index in [0.29, 0.717) is 13.0 Å². The zero-order valence-electron chi connectivity index (χ0n) is 13.9. The molecular formula is C17H19N3O2S3. The molecule has 0 amide bonds. The van der Waals surface area contributed by atoms with Crippen molar-refractivity contribution in [2.45, 2.75) is 13.3 Å². The standard InChI is InChI=1S/C17H19N3O2S3/c1-12-4-3-5-13(10-12)19-17-20-15(11-23-17)16-7-6-14(24-16)8-9-18-25(2,21)22/h3-7,10-11,18H,8-9H2,1-2H3,(H,19,20). The largest absolute Gasteiger partial charge is 0.332 e. The van der Waals surface area contributed by atoms with Crippen LogP contribution in [0.4, 0.5) is 10.8 Å². The Bertz CT molecular complexity index is 961. The second-order valence-electron chi connectivity index (χ2n) is 5.71. The molecule has 0 fully saturated rings. The molecule has 1 aromatic carbocycles. The van der Waals surface area contributed by atoms with Crippen molar-refractivity contribution in [3.8, 4) is 10.6 Å². The average molecular weight is 394 g/mol. The number of sulfonamides is 1. The van der Waals surface area contributed by atoms with Crippen LogP contribution in [0.25, 0.3) is 10.6 Å². The first kappa shape index (κ1) is 18.1.